The SMILES string of the molecule is Cc1ccc(C(C)(C)c2ccccc2)c(C(=O)[O-])c1. The lowest BCUT2D eigenvalue weighted by atomic mass is 9.76. The van der Waals surface area contributed by atoms with E-state index in [9.17, 15) is 9.90 Å². The Morgan fingerprint density at radius 3 is 2.26 bits per heavy atom. The Hall–Kier alpha value is -2.09. The topological polar surface area (TPSA) is 40.1 Å². The van der Waals surface area contributed by atoms with Gasteiger partial charge in [0, 0.05) is 11.0 Å². The van der Waals surface area contributed by atoms with E-state index >= 15 is 0 Å². The number of carbonyl (C=O) groups is 1. The molecule has 0 saturated carbocycles. The number of benzene rings is 2. The van der Waals surface area contributed by atoms with Crippen molar-refractivity contribution in [1.29, 1.82) is 0 Å². The van der Waals surface area contributed by atoms with E-state index in [-0.39, 0.29) is 11.0 Å². The highest BCUT2D eigenvalue weighted by Crippen LogP contribution is 2.33. The summed E-state index contributed by atoms with van der Waals surface area (Å²) in [6.45, 7) is 5.94. The van der Waals surface area contributed by atoms with Gasteiger partial charge in [-0.3, -0.25) is 0 Å². The van der Waals surface area contributed by atoms with Crippen LogP contribution in [-0.4, -0.2) is 5.97 Å². The minimum absolute atomic E-state index is 0.272. The van der Waals surface area contributed by atoms with Gasteiger partial charge in [-0.2, -0.15) is 0 Å². The summed E-state index contributed by atoms with van der Waals surface area (Å²) >= 11 is 0. The molecular weight excluding hydrogens is 236 g/mol. The highest BCUT2D eigenvalue weighted by atomic mass is 16.4. The lowest BCUT2D eigenvalue weighted by Crippen LogP contribution is -2.29. The first-order valence-electron chi connectivity index (χ1n) is 6.31. The van der Waals surface area contributed by atoms with Gasteiger partial charge >= 0.3 is 0 Å². The van der Waals surface area contributed by atoms with E-state index in [1.54, 1.807) is 6.07 Å². The predicted molar refractivity (Wildman–Crippen MR) is 74.1 cm³/mol. The number of aryl methyl sites for hydroxylation is 1. The molecule has 19 heavy (non-hydrogen) atoms. The fourth-order valence-corrected chi connectivity index (χ4v) is 2.38. The fraction of sp³-hybridized carbons (Fsp3) is 0.235. The summed E-state index contributed by atoms with van der Waals surface area (Å²) in [6, 6.07) is 15.4. The van der Waals surface area contributed by atoms with E-state index < -0.39 is 5.97 Å². The second kappa shape index (κ2) is 4.88. The summed E-state index contributed by atoms with van der Waals surface area (Å²) in [5.41, 5.74) is 2.69. The minimum Gasteiger partial charge on any atom is -0.545 e. The number of aromatic carboxylic acids is 1. The number of carbonyl (C=O) groups excluding carboxylic acids is 1. The first kappa shape index (κ1) is 13.3. The molecule has 0 N–H and O–H groups in total. The Balaban J connectivity index is 2.61. The molecule has 0 heterocycles. The van der Waals surface area contributed by atoms with Gasteiger partial charge in [0.2, 0.25) is 0 Å². The lowest BCUT2D eigenvalue weighted by molar-refractivity contribution is -0.255. The highest BCUT2D eigenvalue weighted by Gasteiger charge is 2.25. The molecule has 0 fully saturated rings. The third kappa shape index (κ3) is 2.53. The maximum Gasteiger partial charge on any atom is 0.0718 e. The lowest BCUT2D eigenvalue weighted by Gasteiger charge is -2.29. The summed E-state index contributed by atoms with van der Waals surface area (Å²) in [5.74, 6) is -1.12. The third-order valence-corrected chi connectivity index (χ3v) is 3.56. The molecule has 2 rings (SSSR count). The van der Waals surface area contributed by atoms with Crippen molar-refractivity contribution in [3.63, 3.8) is 0 Å². The van der Waals surface area contributed by atoms with Crippen molar-refractivity contribution < 1.29 is 9.90 Å². The van der Waals surface area contributed by atoms with Crippen LogP contribution in [0.4, 0.5) is 0 Å². The van der Waals surface area contributed by atoms with Crippen molar-refractivity contribution in [2.24, 2.45) is 0 Å². The van der Waals surface area contributed by atoms with E-state index in [2.05, 4.69) is 0 Å². The molecule has 0 aromatic heterocycles. The Bertz CT molecular complexity index is 598. The summed E-state index contributed by atoms with van der Waals surface area (Å²) in [6.07, 6.45) is 0. The minimum atomic E-state index is -1.12. The standard InChI is InChI=1S/C17H18O2/c1-12-9-10-15(14(11-12)16(18)19)17(2,3)13-7-5-4-6-8-13/h4-11H,1-3H3,(H,18,19)/p-1. The molecule has 0 saturated heterocycles. The molecule has 2 aromatic rings. The monoisotopic (exact) mass is 253 g/mol. The Morgan fingerprint density at radius 1 is 1.05 bits per heavy atom. The van der Waals surface area contributed by atoms with Gasteiger partial charge in [-0.1, -0.05) is 61.9 Å². The first-order valence-corrected chi connectivity index (χ1v) is 6.31. The number of carboxylic acids is 1. The van der Waals surface area contributed by atoms with Crippen molar-refractivity contribution in [2.45, 2.75) is 26.2 Å². The quantitative estimate of drug-likeness (QED) is 0.843. The molecular formula is C17H17O2-. The molecule has 0 bridgehead atoms. The molecule has 0 atom stereocenters. The van der Waals surface area contributed by atoms with Crippen LogP contribution in [0.25, 0.3) is 0 Å². The van der Waals surface area contributed by atoms with Crippen molar-refractivity contribution in [3.8, 4) is 0 Å². The molecule has 0 aliphatic carbocycles. The zero-order chi connectivity index (χ0) is 14.0. The number of carboxylic acid groups (broad SMARTS) is 1. The largest absolute Gasteiger partial charge is 0.545 e. The van der Waals surface area contributed by atoms with Crippen LogP contribution >= 0.6 is 0 Å². The molecule has 0 unspecified atom stereocenters. The van der Waals surface area contributed by atoms with E-state index in [4.69, 9.17) is 0 Å². The molecule has 98 valence electrons. The van der Waals surface area contributed by atoms with Gasteiger partial charge in [-0.15, -0.1) is 0 Å². The van der Waals surface area contributed by atoms with Crippen LogP contribution in [-0.2, 0) is 5.41 Å². The summed E-state index contributed by atoms with van der Waals surface area (Å²) in [4.78, 5) is 11.3. The van der Waals surface area contributed by atoms with E-state index in [1.165, 1.54) is 0 Å². The zero-order valence-corrected chi connectivity index (χ0v) is 11.4. The van der Waals surface area contributed by atoms with Crippen molar-refractivity contribution in [1.82, 2.24) is 0 Å². The maximum absolute atomic E-state index is 11.3. The normalized spacial score (nSPS) is 11.3. The van der Waals surface area contributed by atoms with Crippen molar-refractivity contribution >= 4 is 5.97 Å². The number of rotatable bonds is 3. The van der Waals surface area contributed by atoms with Gasteiger partial charge in [0.15, 0.2) is 0 Å². The molecule has 0 radical (unpaired) electrons. The predicted octanol–water partition coefficient (Wildman–Crippen LogP) is 2.68. The van der Waals surface area contributed by atoms with Crippen molar-refractivity contribution in [2.75, 3.05) is 0 Å². The van der Waals surface area contributed by atoms with Gasteiger partial charge in [0.1, 0.15) is 0 Å². The van der Waals surface area contributed by atoms with Crippen LogP contribution in [0.1, 0.15) is 40.9 Å². The van der Waals surface area contributed by atoms with Gasteiger partial charge in [0.05, 0.1) is 5.97 Å². The summed E-state index contributed by atoms with van der Waals surface area (Å²) < 4.78 is 0. The van der Waals surface area contributed by atoms with E-state index in [0.717, 1.165) is 16.7 Å². The Morgan fingerprint density at radius 2 is 1.68 bits per heavy atom. The number of hydrogen-bond donors (Lipinski definition) is 0. The second-order valence-electron chi connectivity index (χ2n) is 5.33. The van der Waals surface area contributed by atoms with Crippen LogP contribution in [0.5, 0.6) is 0 Å². The second-order valence-corrected chi connectivity index (χ2v) is 5.33. The smallest absolute Gasteiger partial charge is 0.0718 e. The molecule has 0 aliphatic rings. The third-order valence-electron chi connectivity index (χ3n) is 3.56. The van der Waals surface area contributed by atoms with Gasteiger partial charge in [-0.05, 0) is 24.1 Å². The molecule has 0 aliphatic heterocycles. The number of hydrogen-bond acceptors (Lipinski definition) is 2. The Kier molecular flexibility index (Phi) is 3.43. The highest BCUT2D eigenvalue weighted by molar-refractivity contribution is 5.88. The van der Waals surface area contributed by atoms with E-state index in [0.29, 0.717) is 0 Å². The van der Waals surface area contributed by atoms with Gasteiger partial charge < -0.3 is 9.90 Å². The van der Waals surface area contributed by atoms with Crippen molar-refractivity contribution in [3.05, 3.63) is 70.8 Å². The average molecular weight is 253 g/mol. The zero-order valence-electron chi connectivity index (χ0n) is 11.4. The molecule has 0 spiro atoms. The first-order chi connectivity index (χ1) is 8.93. The fourth-order valence-electron chi connectivity index (χ4n) is 2.38. The van der Waals surface area contributed by atoms with Gasteiger partial charge in [0.25, 0.3) is 0 Å². The average Bonchev–Trinajstić information content (AvgIpc) is 2.39. The van der Waals surface area contributed by atoms with E-state index in [1.807, 2.05) is 63.2 Å². The van der Waals surface area contributed by atoms with Crippen LogP contribution in [0.15, 0.2) is 48.5 Å². The molecule has 2 aromatic carbocycles. The van der Waals surface area contributed by atoms with Crippen LogP contribution in [0.3, 0.4) is 0 Å². The molecule has 2 heteroatoms. The van der Waals surface area contributed by atoms with Crippen LogP contribution in [0, 0.1) is 6.92 Å². The maximum atomic E-state index is 11.3. The van der Waals surface area contributed by atoms with Crippen LogP contribution in [0.2, 0.25) is 0 Å². The molecule has 0 amide bonds. The van der Waals surface area contributed by atoms with Crippen LogP contribution < -0.4 is 5.11 Å². The Labute approximate surface area is 113 Å². The summed E-state index contributed by atoms with van der Waals surface area (Å²) in [7, 11) is 0. The van der Waals surface area contributed by atoms with Gasteiger partial charge in [-0.25, -0.2) is 0 Å². The molecule has 2 nitrogen and oxygen atoms in total. The summed E-state index contributed by atoms with van der Waals surface area (Å²) in [5, 5.41) is 11.3.